The van der Waals surface area contributed by atoms with Crippen LogP contribution in [-0.4, -0.2) is 13.1 Å². The second kappa shape index (κ2) is 3.89. The van der Waals surface area contributed by atoms with Gasteiger partial charge in [-0.3, -0.25) is 0 Å². The summed E-state index contributed by atoms with van der Waals surface area (Å²) in [6.07, 6.45) is 2.94. The van der Waals surface area contributed by atoms with Crippen LogP contribution in [0.4, 0.5) is 0 Å². The zero-order chi connectivity index (χ0) is 7.28. The van der Waals surface area contributed by atoms with Gasteiger partial charge < -0.3 is 4.74 Å². The van der Waals surface area contributed by atoms with Crippen LogP contribution in [0.5, 0.6) is 0 Å². The highest BCUT2D eigenvalue weighted by atomic mass is 16.5. The van der Waals surface area contributed by atoms with Gasteiger partial charge in [0.15, 0.2) is 0 Å². The summed E-state index contributed by atoms with van der Waals surface area (Å²) in [5, 5.41) is 0. The Morgan fingerprint density at radius 1 is 1.56 bits per heavy atom. The van der Waals surface area contributed by atoms with Crippen LogP contribution >= 0.6 is 0 Å². The van der Waals surface area contributed by atoms with Crippen molar-refractivity contribution < 1.29 is 9.53 Å². The molecule has 0 N–H and O–H groups in total. The molecule has 0 aliphatic carbocycles. The number of hydrogen-bond acceptors (Lipinski definition) is 2. The van der Waals surface area contributed by atoms with Crippen molar-refractivity contribution >= 4 is 5.97 Å². The zero-order valence-corrected chi connectivity index (χ0v) is 5.68. The van der Waals surface area contributed by atoms with Gasteiger partial charge in [0.2, 0.25) is 0 Å². The Labute approximate surface area is 54.8 Å². The molecule has 0 bridgehead atoms. The van der Waals surface area contributed by atoms with E-state index in [0.29, 0.717) is 0 Å². The van der Waals surface area contributed by atoms with E-state index in [2.05, 4.69) is 11.3 Å². The van der Waals surface area contributed by atoms with Crippen molar-refractivity contribution in [1.82, 2.24) is 0 Å². The molecule has 0 aliphatic rings. The van der Waals surface area contributed by atoms with Crippen LogP contribution in [0, 0.1) is 0 Å². The lowest BCUT2D eigenvalue weighted by molar-refractivity contribution is -0.134. The van der Waals surface area contributed by atoms with Gasteiger partial charge in [0.05, 0.1) is 7.11 Å². The molecule has 0 atom stereocenters. The highest BCUT2D eigenvalue weighted by Crippen LogP contribution is 1.88. The van der Waals surface area contributed by atoms with Gasteiger partial charge in [-0.05, 0) is 6.92 Å². The lowest BCUT2D eigenvalue weighted by atomic mass is 10.3. The van der Waals surface area contributed by atoms with Crippen molar-refractivity contribution in [2.45, 2.75) is 6.92 Å². The normalized spacial score (nSPS) is 9.56. The fourth-order valence-corrected chi connectivity index (χ4v) is 0.278. The summed E-state index contributed by atoms with van der Waals surface area (Å²) in [7, 11) is 1.34. The molecule has 2 nitrogen and oxygen atoms in total. The van der Waals surface area contributed by atoms with Gasteiger partial charge in [-0.25, -0.2) is 4.79 Å². The van der Waals surface area contributed by atoms with Gasteiger partial charge in [0, 0.05) is 6.08 Å². The van der Waals surface area contributed by atoms with E-state index in [-0.39, 0.29) is 5.97 Å². The number of hydrogen-bond donors (Lipinski definition) is 0. The van der Waals surface area contributed by atoms with E-state index in [0.717, 1.165) is 5.57 Å². The van der Waals surface area contributed by atoms with Gasteiger partial charge in [0.25, 0.3) is 0 Å². The van der Waals surface area contributed by atoms with E-state index >= 15 is 0 Å². The zero-order valence-electron chi connectivity index (χ0n) is 5.68. The summed E-state index contributed by atoms with van der Waals surface area (Å²) >= 11 is 0. The lowest BCUT2D eigenvalue weighted by Crippen LogP contribution is -1.93. The summed E-state index contributed by atoms with van der Waals surface area (Å²) in [6, 6.07) is 0. The minimum Gasteiger partial charge on any atom is -0.466 e. The maximum atomic E-state index is 10.4. The van der Waals surface area contributed by atoms with Crippen molar-refractivity contribution in [2.75, 3.05) is 7.11 Å². The van der Waals surface area contributed by atoms with Crippen LogP contribution in [0.3, 0.4) is 0 Å². The molecule has 0 saturated carbocycles. The molecule has 0 rings (SSSR count). The third kappa shape index (κ3) is 4.81. The second-order valence-corrected chi connectivity index (χ2v) is 1.70. The standard InChI is InChI=1S/C7H10O2/c1-6(2)4-5-7(8)9-3/h4-5H,1H2,2-3H3/b5-4-. The average Bonchev–Trinajstić information content (AvgIpc) is 1.83. The number of allylic oxidation sites excluding steroid dienone is 2. The maximum Gasteiger partial charge on any atom is 0.330 e. The molecule has 0 aromatic rings. The Bertz CT molecular complexity index is 145. The quantitative estimate of drug-likeness (QED) is 0.316. The van der Waals surface area contributed by atoms with E-state index in [1.54, 1.807) is 13.0 Å². The first kappa shape index (κ1) is 7.95. The number of rotatable bonds is 2. The maximum absolute atomic E-state index is 10.4. The molecule has 9 heavy (non-hydrogen) atoms. The first-order valence-electron chi connectivity index (χ1n) is 2.58. The van der Waals surface area contributed by atoms with Gasteiger partial charge in [-0.15, -0.1) is 0 Å². The predicted molar refractivity (Wildman–Crippen MR) is 36.0 cm³/mol. The van der Waals surface area contributed by atoms with Gasteiger partial charge in [0.1, 0.15) is 0 Å². The fourth-order valence-electron chi connectivity index (χ4n) is 0.278. The summed E-state index contributed by atoms with van der Waals surface area (Å²) in [5.74, 6) is -0.349. The smallest absolute Gasteiger partial charge is 0.330 e. The van der Waals surface area contributed by atoms with Gasteiger partial charge in [-0.1, -0.05) is 18.2 Å². The molecule has 0 fully saturated rings. The molecule has 0 spiro atoms. The van der Waals surface area contributed by atoms with E-state index in [9.17, 15) is 4.79 Å². The van der Waals surface area contributed by atoms with Crippen molar-refractivity contribution in [3.05, 3.63) is 24.3 Å². The minimum atomic E-state index is -0.349. The minimum absolute atomic E-state index is 0.349. The molecule has 0 saturated heterocycles. The molecule has 0 heterocycles. The van der Waals surface area contributed by atoms with Crippen LogP contribution in [0.1, 0.15) is 6.92 Å². The van der Waals surface area contributed by atoms with Gasteiger partial charge in [-0.2, -0.15) is 0 Å². The van der Waals surface area contributed by atoms with E-state index in [1.165, 1.54) is 13.2 Å². The van der Waals surface area contributed by atoms with Crippen molar-refractivity contribution in [3.63, 3.8) is 0 Å². The summed E-state index contributed by atoms with van der Waals surface area (Å²) in [4.78, 5) is 10.4. The average molecular weight is 126 g/mol. The third-order valence-corrected chi connectivity index (χ3v) is 0.705. The molecular weight excluding hydrogens is 116 g/mol. The van der Waals surface area contributed by atoms with Crippen LogP contribution in [0.15, 0.2) is 24.3 Å². The molecule has 0 aromatic carbocycles. The molecule has 50 valence electrons. The number of methoxy groups -OCH3 is 1. The molecule has 0 aliphatic heterocycles. The Morgan fingerprint density at radius 2 is 2.11 bits per heavy atom. The highest BCUT2D eigenvalue weighted by molar-refractivity contribution is 5.82. The van der Waals surface area contributed by atoms with Crippen LogP contribution < -0.4 is 0 Å². The Hall–Kier alpha value is -1.05. The molecule has 0 radical (unpaired) electrons. The summed E-state index contributed by atoms with van der Waals surface area (Å²) < 4.78 is 4.33. The molecule has 2 heteroatoms. The number of carbonyl (C=O) groups is 1. The summed E-state index contributed by atoms with van der Waals surface area (Å²) in [5.41, 5.74) is 0.834. The summed E-state index contributed by atoms with van der Waals surface area (Å²) in [6.45, 7) is 5.37. The SMILES string of the molecule is C=C(C)/C=C\C(=O)OC. The first-order chi connectivity index (χ1) is 4.16. The van der Waals surface area contributed by atoms with Crippen LogP contribution in [0.2, 0.25) is 0 Å². The van der Waals surface area contributed by atoms with Crippen LogP contribution in [0.25, 0.3) is 0 Å². The monoisotopic (exact) mass is 126 g/mol. The molecular formula is C7H10O2. The highest BCUT2D eigenvalue weighted by Gasteiger charge is 1.87. The Kier molecular flexibility index (Phi) is 3.44. The van der Waals surface area contributed by atoms with Crippen molar-refractivity contribution in [3.8, 4) is 0 Å². The third-order valence-electron chi connectivity index (χ3n) is 0.705. The first-order valence-corrected chi connectivity index (χ1v) is 2.58. The lowest BCUT2D eigenvalue weighted by Gasteiger charge is -1.87. The Morgan fingerprint density at radius 3 is 2.44 bits per heavy atom. The van der Waals surface area contributed by atoms with E-state index in [4.69, 9.17) is 0 Å². The van der Waals surface area contributed by atoms with Crippen molar-refractivity contribution in [1.29, 1.82) is 0 Å². The van der Waals surface area contributed by atoms with E-state index < -0.39 is 0 Å². The van der Waals surface area contributed by atoms with E-state index in [1.807, 2.05) is 0 Å². The molecule has 0 amide bonds. The Balaban J connectivity index is 3.71. The van der Waals surface area contributed by atoms with Crippen molar-refractivity contribution in [2.24, 2.45) is 0 Å². The largest absolute Gasteiger partial charge is 0.466 e. The topological polar surface area (TPSA) is 26.3 Å². The number of esters is 1. The number of ether oxygens (including phenoxy) is 1. The predicted octanol–water partition coefficient (Wildman–Crippen LogP) is 1.29. The molecule has 0 aromatic heterocycles. The number of carbonyl (C=O) groups excluding carboxylic acids is 1. The van der Waals surface area contributed by atoms with Crippen LogP contribution in [-0.2, 0) is 9.53 Å². The second-order valence-electron chi connectivity index (χ2n) is 1.70. The fraction of sp³-hybridized carbons (Fsp3) is 0.286. The molecule has 0 unspecified atom stereocenters. The van der Waals surface area contributed by atoms with Gasteiger partial charge >= 0.3 is 5.97 Å².